The molecule has 0 atom stereocenters. The second-order valence-electron chi connectivity index (χ2n) is 4.28. The van der Waals surface area contributed by atoms with Gasteiger partial charge in [0.05, 0.1) is 19.8 Å². The second-order valence-corrected chi connectivity index (χ2v) is 4.28. The average molecular weight is 206 g/mol. The van der Waals surface area contributed by atoms with E-state index in [4.69, 9.17) is 9.47 Å². The molecule has 2 rings (SSSR count). The lowest BCUT2D eigenvalue weighted by Crippen LogP contribution is -2.44. The normalized spacial score (nSPS) is 17.9. The van der Waals surface area contributed by atoms with Gasteiger partial charge in [0, 0.05) is 11.0 Å². The Kier molecular flexibility index (Phi) is 2.73. The van der Waals surface area contributed by atoms with Crippen molar-refractivity contribution in [2.75, 3.05) is 19.8 Å². The van der Waals surface area contributed by atoms with Gasteiger partial charge >= 0.3 is 0 Å². The number of hydrogen-bond acceptors (Lipinski definition) is 3. The van der Waals surface area contributed by atoms with Crippen LogP contribution < -0.4 is 4.74 Å². The molecule has 1 fully saturated rings. The Balaban J connectivity index is 1.95. The quantitative estimate of drug-likeness (QED) is 0.706. The van der Waals surface area contributed by atoms with Crippen molar-refractivity contribution in [2.24, 2.45) is 5.41 Å². The van der Waals surface area contributed by atoms with Gasteiger partial charge < -0.3 is 9.47 Å². The van der Waals surface area contributed by atoms with Gasteiger partial charge in [-0.15, -0.1) is 0 Å². The van der Waals surface area contributed by atoms with Crippen LogP contribution in [0.25, 0.3) is 0 Å². The summed E-state index contributed by atoms with van der Waals surface area (Å²) >= 11 is 0. The maximum Gasteiger partial charge on any atom is 0.150 e. The lowest BCUT2D eigenvalue weighted by atomic mass is 9.90. The third-order valence-electron chi connectivity index (χ3n) is 2.48. The molecule has 1 saturated heterocycles. The lowest BCUT2D eigenvalue weighted by molar-refractivity contribution is -0.120. The monoisotopic (exact) mass is 206 g/mol. The van der Waals surface area contributed by atoms with Crippen LogP contribution in [0.5, 0.6) is 5.75 Å². The van der Waals surface area contributed by atoms with Gasteiger partial charge in [-0.3, -0.25) is 4.79 Å². The van der Waals surface area contributed by atoms with E-state index in [1.54, 1.807) is 12.1 Å². The third-order valence-corrected chi connectivity index (χ3v) is 2.48. The minimum Gasteiger partial charge on any atom is -0.493 e. The summed E-state index contributed by atoms with van der Waals surface area (Å²) in [6, 6.07) is 7.18. The standard InChI is InChI=1S/C12H14O3/c1-12(7-14-8-12)9-15-11-4-2-3-10(5-11)6-13/h2-6H,7-9H2,1H3. The van der Waals surface area contributed by atoms with Gasteiger partial charge in [-0.05, 0) is 12.1 Å². The molecule has 1 aromatic rings. The summed E-state index contributed by atoms with van der Waals surface area (Å²) in [6.45, 7) is 4.26. The highest BCUT2D eigenvalue weighted by Crippen LogP contribution is 2.27. The first-order valence-corrected chi connectivity index (χ1v) is 4.98. The highest BCUT2D eigenvalue weighted by Gasteiger charge is 2.34. The minimum atomic E-state index is 0.136. The summed E-state index contributed by atoms with van der Waals surface area (Å²) in [7, 11) is 0. The molecular weight excluding hydrogens is 192 g/mol. The van der Waals surface area contributed by atoms with Gasteiger partial charge in [-0.1, -0.05) is 19.1 Å². The van der Waals surface area contributed by atoms with Crippen LogP contribution in [-0.4, -0.2) is 26.1 Å². The van der Waals surface area contributed by atoms with Crippen LogP contribution in [0, 0.1) is 5.41 Å². The summed E-state index contributed by atoms with van der Waals surface area (Å²) in [4.78, 5) is 10.6. The molecule has 3 nitrogen and oxygen atoms in total. The van der Waals surface area contributed by atoms with Crippen molar-refractivity contribution in [3.05, 3.63) is 29.8 Å². The van der Waals surface area contributed by atoms with Crippen LogP contribution in [0.15, 0.2) is 24.3 Å². The fourth-order valence-electron chi connectivity index (χ4n) is 1.47. The summed E-state index contributed by atoms with van der Waals surface area (Å²) in [6.07, 6.45) is 0.820. The maximum atomic E-state index is 10.6. The average Bonchev–Trinajstić information content (AvgIpc) is 2.24. The van der Waals surface area contributed by atoms with Gasteiger partial charge in [0.2, 0.25) is 0 Å². The van der Waals surface area contributed by atoms with Gasteiger partial charge in [-0.25, -0.2) is 0 Å². The van der Waals surface area contributed by atoms with Crippen LogP contribution in [0.1, 0.15) is 17.3 Å². The Bertz CT molecular complexity index is 356. The molecule has 80 valence electrons. The molecule has 0 aromatic heterocycles. The molecule has 1 heterocycles. The SMILES string of the molecule is CC1(COc2cccc(C=O)c2)COC1. The van der Waals surface area contributed by atoms with Crippen LogP contribution >= 0.6 is 0 Å². The van der Waals surface area contributed by atoms with Crippen molar-refractivity contribution >= 4 is 6.29 Å². The van der Waals surface area contributed by atoms with Gasteiger partial charge in [-0.2, -0.15) is 0 Å². The molecule has 0 saturated carbocycles. The van der Waals surface area contributed by atoms with E-state index < -0.39 is 0 Å². The summed E-state index contributed by atoms with van der Waals surface area (Å²) in [5.74, 6) is 0.743. The third kappa shape index (κ3) is 2.36. The number of ether oxygens (including phenoxy) is 2. The Morgan fingerprint density at radius 1 is 1.53 bits per heavy atom. The van der Waals surface area contributed by atoms with Crippen molar-refractivity contribution < 1.29 is 14.3 Å². The molecule has 1 aromatic carbocycles. The molecule has 0 aliphatic carbocycles. The van der Waals surface area contributed by atoms with E-state index in [0.717, 1.165) is 25.2 Å². The van der Waals surface area contributed by atoms with Crippen molar-refractivity contribution in [3.63, 3.8) is 0 Å². The van der Waals surface area contributed by atoms with Crippen molar-refractivity contribution in [1.82, 2.24) is 0 Å². The molecule has 0 radical (unpaired) electrons. The lowest BCUT2D eigenvalue weighted by Gasteiger charge is -2.37. The number of carbonyl (C=O) groups excluding carboxylic acids is 1. The molecule has 1 aliphatic heterocycles. The van der Waals surface area contributed by atoms with E-state index in [1.807, 2.05) is 12.1 Å². The van der Waals surface area contributed by atoms with Crippen LogP contribution in [0.4, 0.5) is 0 Å². The number of hydrogen-bond donors (Lipinski definition) is 0. The molecule has 1 aliphatic rings. The largest absolute Gasteiger partial charge is 0.493 e. The first kappa shape index (κ1) is 10.2. The predicted molar refractivity (Wildman–Crippen MR) is 56.3 cm³/mol. The topological polar surface area (TPSA) is 35.5 Å². The predicted octanol–water partition coefficient (Wildman–Crippen LogP) is 1.91. The van der Waals surface area contributed by atoms with E-state index in [9.17, 15) is 4.79 Å². The Hall–Kier alpha value is -1.35. The molecule has 3 heteroatoms. The van der Waals surface area contributed by atoms with Crippen molar-refractivity contribution in [2.45, 2.75) is 6.92 Å². The van der Waals surface area contributed by atoms with Crippen LogP contribution in [0.3, 0.4) is 0 Å². The summed E-state index contributed by atoms with van der Waals surface area (Å²) < 4.78 is 10.8. The molecule has 0 N–H and O–H groups in total. The van der Waals surface area contributed by atoms with E-state index in [2.05, 4.69) is 6.92 Å². The van der Waals surface area contributed by atoms with E-state index >= 15 is 0 Å². The summed E-state index contributed by atoms with van der Waals surface area (Å²) in [5.41, 5.74) is 0.777. The molecule has 0 amide bonds. The van der Waals surface area contributed by atoms with Gasteiger partial charge in [0.15, 0.2) is 0 Å². The molecule has 15 heavy (non-hydrogen) atoms. The van der Waals surface area contributed by atoms with Crippen LogP contribution in [0.2, 0.25) is 0 Å². The zero-order chi connectivity index (χ0) is 10.7. The van der Waals surface area contributed by atoms with E-state index in [0.29, 0.717) is 12.2 Å². The highest BCUT2D eigenvalue weighted by atomic mass is 16.5. The Morgan fingerprint density at radius 2 is 2.33 bits per heavy atom. The molecule has 0 spiro atoms. The Labute approximate surface area is 89.0 Å². The van der Waals surface area contributed by atoms with Gasteiger partial charge in [0.25, 0.3) is 0 Å². The first-order chi connectivity index (χ1) is 7.22. The van der Waals surface area contributed by atoms with E-state index in [-0.39, 0.29) is 5.41 Å². The van der Waals surface area contributed by atoms with E-state index in [1.165, 1.54) is 0 Å². The van der Waals surface area contributed by atoms with Crippen molar-refractivity contribution in [1.29, 1.82) is 0 Å². The number of carbonyl (C=O) groups is 1. The maximum absolute atomic E-state index is 10.6. The van der Waals surface area contributed by atoms with Gasteiger partial charge in [0.1, 0.15) is 12.0 Å². The van der Waals surface area contributed by atoms with Crippen LogP contribution in [-0.2, 0) is 4.74 Å². The molecule has 0 unspecified atom stereocenters. The number of rotatable bonds is 4. The fourth-order valence-corrected chi connectivity index (χ4v) is 1.47. The zero-order valence-corrected chi connectivity index (χ0v) is 8.73. The second kappa shape index (κ2) is 4.03. The minimum absolute atomic E-state index is 0.136. The fraction of sp³-hybridized carbons (Fsp3) is 0.417. The summed E-state index contributed by atoms with van der Waals surface area (Å²) in [5, 5.41) is 0. The smallest absolute Gasteiger partial charge is 0.150 e. The zero-order valence-electron chi connectivity index (χ0n) is 8.73. The number of aldehydes is 1. The first-order valence-electron chi connectivity index (χ1n) is 4.98. The Morgan fingerprint density at radius 3 is 2.93 bits per heavy atom. The molecular formula is C12H14O3. The van der Waals surface area contributed by atoms with Crippen molar-refractivity contribution in [3.8, 4) is 5.75 Å². The molecule has 0 bridgehead atoms. The number of benzene rings is 1. The highest BCUT2D eigenvalue weighted by molar-refractivity contribution is 5.75.